The van der Waals surface area contributed by atoms with E-state index in [0.29, 0.717) is 0 Å². The molecule has 143 valence electrons. The molecule has 0 bridgehead atoms. The summed E-state index contributed by atoms with van der Waals surface area (Å²) in [6.45, 7) is 14.4. The van der Waals surface area contributed by atoms with Gasteiger partial charge < -0.3 is 0 Å². The average molecular weight is 464 g/mol. The van der Waals surface area contributed by atoms with Crippen LogP contribution in [0.2, 0.25) is 0 Å². The molecule has 0 nitrogen and oxygen atoms in total. The number of hydrogen-bond acceptors (Lipinski definition) is 0. The summed E-state index contributed by atoms with van der Waals surface area (Å²) in [5, 5.41) is 0. The molecule has 0 aliphatic heterocycles. The first-order chi connectivity index (χ1) is 10.5. The van der Waals surface area contributed by atoms with Crippen molar-refractivity contribution in [1.29, 1.82) is 0 Å². The summed E-state index contributed by atoms with van der Waals surface area (Å²) >= 11 is -0.790. The van der Waals surface area contributed by atoms with Crippen LogP contribution < -0.4 is 0 Å². The predicted octanol–water partition coefficient (Wildman–Crippen LogP) is 7.55. The number of rotatable bonds is 14. The van der Waals surface area contributed by atoms with Gasteiger partial charge in [0.05, 0.1) is 0 Å². The summed E-state index contributed by atoms with van der Waals surface area (Å²) < 4.78 is 0. The first kappa shape index (κ1) is 23.8. The SMILES string of the molecule is CCC[PH](CCC)(CCC)[Pd]([Cl])[PH](CCC)(CCC)CCC. The average Bonchev–Trinajstić information content (AvgIpc) is 2.48. The Morgan fingerprint density at radius 3 is 0.818 bits per heavy atom. The zero-order valence-corrected chi connectivity index (χ0v) is 20.5. The molecule has 0 spiro atoms. The van der Waals surface area contributed by atoms with Crippen LogP contribution in [-0.4, -0.2) is 37.0 Å². The monoisotopic (exact) mass is 463 g/mol. The number of hydrogen-bond donors (Lipinski definition) is 0. The molecule has 0 fully saturated rings. The fourth-order valence-corrected chi connectivity index (χ4v) is 58.1. The van der Waals surface area contributed by atoms with Crippen molar-refractivity contribution in [1.82, 2.24) is 0 Å². The van der Waals surface area contributed by atoms with Gasteiger partial charge in [-0.2, -0.15) is 0 Å². The fourth-order valence-electron chi connectivity index (χ4n) is 4.12. The van der Waals surface area contributed by atoms with E-state index in [4.69, 9.17) is 9.53 Å². The van der Waals surface area contributed by atoms with Gasteiger partial charge in [-0.15, -0.1) is 0 Å². The molecule has 0 unspecified atom stereocenters. The normalized spacial score (nSPS) is 15.0. The molecule has 0 saturated heterocycles. The minimum atomic E-state index is -1.20. The van der Waals surface area contributed by atoms with Crippen LogP contribution in [0.25, 0.3) is 0 Å². The Hall–Kier alpha value is 1.81. The Balaban J connectivity index is 5.67. The summed E-state index contributed by atoms with van der Waals surface area (Å²) in [7, 11) is 7.64. The van der Waals surface area contributed by atoms with Gasteiger partial charge in [-0.05, 0) is 0 Å². The van der Waals surface area contributed by atoms with Gasteiger partial charge in [0.2, 0.25) is 0 Å². The van der Waals surface area contributed by atoms with Gasteiger partial charge in [0, 0.05) is 0 Å². The van der Waals surface area contributed by atoms with Gasteiger partial charge in [0.15, 0.2) is 0 Å². The molecule has 0 aliphatic rings. The van der Waals surface area contributed by atoms with Crippen LogP contribution in [0.3, 0.4) is 0 Å². The molecule has 0 aromatic carbocycles. The van der Waals surface area contributed by atoms with E-state index in [1.54, 1.807) is 0 Å². The van der Waals surface area contributed by atoms with Crippen molar-refractivity contribution in [2.45, 2.75) is 80.1 Å². The minimum absolute atomic E-state index is 0.790. The van der Waals surface area contributed by atoms with Crippen molar-refractivity contribution >= 4 is 20.4 Å². The zero-order chi connectivity index (χ0) is 17.1. The molecule has 0 amide bonds. The van der Waals surface area contributed by atoms with Gasteiger partial charge in [-0.25, -0.2) is 0 Å². The molecular weight excluding hydrogens is 420 g/mol. The summed E-state index contributed by atoms with van der Waals surface area (Å²) in [4.78, 5) is 0. The van der Waals surface area contributed by atoms with Crippen molar-refractivity contribution in [3.8, 4) is 0 Å². The fraction of sp³-hybridized carbons (Fsp3) is 1.00. The Morgan fingerprint density at radius 2 is 0.682 bits per heavy atom. The maximum atomic E-state index is 7.64. The van der Waals surface area contributed by atoms with Crippen LogP contribution in [0.4, 0.5) is 0 Å². The quantitative estimate of drug-likeness (QED) is 0.184. The van der Waals surface area contributed by atoms with Crippen LogP contribution in [-0.2, 0) is 14.7 Å². The van der Waals surface area contributed by atoms with E-state index in [1.807, 2.05) is 0 Å². The second kappa shape index (κ2) is 13.1. The van der Waals surface area contributed by atoms with Crippen molar-refractivity contribution in [3.63, 3.8) is 0 Å². The molecule has 0 rings (SSSR count). The van der Waals surface area contributed by atoms with Gasteiger partial charge in [-0.3, -0.25) is 0 Å². The topological polar surface area (TPSA) is 0 Å². The van der Waals surface area contributed by atoms with Crippen molar-refractivity contribution in [2.24, 2.45) is 0 Å². The van der Waals surface area contributed by atoms with E-state index in [2.05, 4.69) is 41.5 Å². The van der Waals surface area contributed by atoms with Gasteiger partial charge in [0.25, 0.3) is 0 Å². The second-order valence-electron chi connectivity index (χ2n) is 6.87. The Labute approximate surface area is 151 Å². The van der Waals surface area contributed by atoms with E-state index in [1.165, 1.54) is 75.5 Å². The van der Waals surface area contributed by atoms with Crippen LogP contribution in [0.5, 0.6) is 0 Å². The Kier molecular flexibility index (Phi) is 14.2. The first-order valence-corrected chi connectivity index (χ1v) is 21.3. The Bertz CT molecular complexity index is 214. The standard InChI is InChI=1S/2C9H21P.ClH.Pd/c2*1-4-7-10(8-5-2)9-6-3;;/h2*4-9H2,1-3H3;1H;/q;;;-1/p+1. The molecule has 0 saturated carbocycles. The van der Waals surface area contributed by atoms with Gasteiger partial charge in [0.1, 0.15) is 0 Å². The molecule has 0 aromatic heterocycles. The van der Waals surface area contributed by atoms with Crippen LogP contribution in [0, 0.1) is 0 Å². The molecule has 0 aromatic rings. The summed E-state index contributed by atoms with van der Waals surface area (Å²) in [6, 6.07) is 0. The van der Waals surface area contributed by atoms with Crippen molar-refractivity contribution in [3.05, 3.63) is 0 Å². The van der Waals surface area contributed by atoms with Gasteiger partial charge >= 0.3 is 152 Å². The predicted molar refractivity (Wildman–Crippen MR) is 113 cm³/mol. The van der Waals surface area contributed by atoms with Crippen LogP contribution >= 0.6 is 20.4 Å². The zero-order valence-electron chi connectivity index (χ0n) is 16.2. The van der Waals surface area contributed by atoms with Crippen LogP contribution in [0.1, 0.15) is 80.1 Å². The van der Waals surface area contributed by atoms with E-state index in [-0.39, 0.29) is 0 Å². The molecule has 0 N–H and O–H groups in total. The third-order valence-electron chi connectivity index (χ3n) is 4.68. The first-order valence-electron chi connectivity index (χ1n) is 9.80. The summed E-state index contributed by atoms with van der Waals surface area (Å²) in [5.41, 5.74) is -2.40. The molecule has 4 heteroatoms. The molecule has 0 heterocycles. The van der Waals surface area contributed by atoms with E-state index < -0.39 is 25.6 Å². The molecule has 22 heavy (non-hydrogen) atoms. The van der Waals surface area contributed by atoms with Crippen LogP contribution in [0.15, 0.2) is 0 Å². The van der Waals surface area contributed by atoms with E-state index in [9.17, 15) is 0 Å². The third-order valence-corrected chi connectivity index (χ3v) is 50.6. The number of halogens is 1. The third kappa shape index (κ3) is 6.61. The van der Waals surface area contributed by atoms with Crippen molar-refractivity contribution < 1.29 is 14.7 Å². The Morgan fingerprint density at radius 1 is 0.500 bits per heavy atom. The second-order valence-corrected chi connectivity index (χ2v) is 34.5. The van der Waals surface area contributed by atoms with E-state index >= 15 is 0 Å². The molecular formula is C18H44ClP2Pd. The maximum absolute atomic E-state index is 7.64. The van der Waals surface area contributed by atoms with Gasteiger partial charge in [-0.1, -0.05) is 0 Å². The summed E-state index contributed by atoms with van der Waals surface area (Å²) in [5.74, 6) is 0. The molecule has 0 atom stereocenters. The summed E-state index contributed by atoms with van der Waals surface area (Å²) in [6.07, 6.45) is 17.5. The molecule has 0 aliphatic carbocycles. The van der Waals surface area contributed by atoms with E-state index in [0.717, 1.165) is 0 Å². The molecule has 0 radical (unpaired) electrons. The van der Waals surface area contributed by atoms with Crippen molar-refractivity contribution in [2.75, 3.05) is 37.0 Å².